The normalized spacial score (nSPS) is 20.4. The van der Waals surface area contributed by atoms with Crippen molar-refractivity contribution in [1.82, 2.24) is 14.7 Å². The monoisotopic (exact) mass is 300 g/mol. The summed E-state index contributed by atoms with van der Waals surface area (Å²) in [6.45, 7) is 6.93. The van der Waals surface area contributed by atoms with Crippen molar-refractivity contribution in [2.75, 3.05) is 38.6 Å². The predicted molar refractivity (Wildman–Crippen MR) is 79.6 cm³/mol. The van der Waals surface area contributed by atoms with E-state index in [1.807, 2.05) is 13.8 Å². The average Bonchev–Trinajstić information content (AvgIpc) is 2.40. The summed E-state index contributed by atoms with van der Waals surface area (Å²) in [5, 5.41) is 7.45. The molecule has 1 aromatic heterocycles. The molecule has 0 amide bonds. The molecule has 7 heteroatoms. The summed E-state index contributed by atoms with van der Waals surface area (Å²) in [4.78, 5) is 14.2. The Morgan fingerprint density at radius 1 is 1.60 bits per heavy atom. The number of likely N-dealkylation sites (N-methyl/N-ethyl adjacent to an activating group) is 1. The molecule has 0 radical (unpaired) electrons. The second-order valence-corrected chi connectivity index (χ2v) is 5.73. The summed E-state index contributed by atoms with van der Waals surface area (Å²) in [6.07, 6.45) is 1.69. The van der Waals surface area contributed by atoms with Gasteiger partial charge in [-0.15, -0.1) is 0 Å². The fourth-order valence-electron chi connectivity index (χ4n) is 2.15. The van der Waals surface area contributed by atoms with Crippen LogP contribution in [0.15, 0.2) is 11.0 Å². The predicted octanol–water partition coefficient (Wildman–Crippen LogP) is 1.22. The summed E-state index contributed by atoms with van der Waals surface area (Å²) in [7, 11) is 2.06. The topological polar surface area (TPSA) is 59.4 Å². The summed E-state index contributed by atoms with van der Waals surface area (Å²) in [6, 6.07) is -0.00984. The van der Waals surface area contributed by atoms with Gasteiger partial charge in [-0.05, 0) is 20.9 Å². The van der Waals surface area contributed by atoms with E-state index in [4.69, 9.17) is 16.3 Å². The van der Waals surface area contributed by atoms with Gasteiger partial charge >= 0.3 is 0 Å². The molecule has 6 nitrogen and oxygen atoms in total. The molecule has 1 unspecified atom stereocenters. The Morgan fingerprint density at radius 2 is 2.35 bits per heavy atom. The lowest BCUT2D eigenvalue weighted by Crippen LogP contribution is -2.43. The van der Waals surface area contributed by atoms with Crippen molar-refractivity contribution >= 4 is 17.3 Å². The maximum absolute atomic E-state index is 12.0. The Balaban J connectivity index is 2.03. The first kappa shape index (κ1) is 15.3. The summed E-state index contributed by atoms with van der Waals surface area (Å²) < 4.78 is 7.02. The molecule has 1 atom stereocenters. The van der Waals surface area contributed by atoms with E-state index in [-0.39, 0.29) is 22.7 Å². The van der Waals surface area contributed by atoms with Crippen LogP contribution in [0.3, 0.4) is 0 Å². The molecule has 2 heterocycles. The highest BCUT2D eigenvalue weighted by molar-refractivity contribution is 6.32. The lowest BCUT2D eigenvalue weighted by Gasteiger charge is -2.30. The lowest BCUT2D eigenvalue weighted by molar-refractivity contribution is -0.0117. The number of hydrogen-bond donors (Lipinski definition) is 1. The number of hydrogen-bond acceptors (Lipinski definition) is 5. The van der Waals surface area contributed by atoms with Gasteiger partial charge in [0.1, 0.15) is 5.02 Å². The third kappa shape index (κ3) is 3.50. The van der Waals surface area contributed by atoms with E-state index in [1.54, 1.807) is 6.20 Å². The van der Waals surface area contributed by atoms with Gasteiger partial charge in [0.15, 0.2) is 0 Å². The van der Waals surface area contributed by atoms with E-state index >= 15 is 0 Å². The van der Waals surface area contributed by atoms with Crippen molar-refractivity contribution in [3.63, 3.8) is 0 Å². The van der Waals surface area contributed by atoms with Gasteiger partial charge in [-0.2, -0.15) is 5.10 Å². The van der Waals surface area contributed by atoms with Gasteiger partial charge in [0, 0.05) is 19.6 Å². The molecule has 0 spiro atoms. The van der Waals surface area contributed by atoms with E-state index < -0.39 is 0 Å². The molecule has 1 aromatic rings. The van der Waals surface area contributed by atoms with E-state index in [0.717, 1.165) is 19.7 Å². The highest BCUT2D eigenvalue weighted by Gasteiger charge is 2.18. The first-order valence-electron chi connectivity index (χ1n) is 6.80. The standard InChI is InChI=1S/C13H21ClN4O2/c1-9(2)18-13(19)12(14)11(7-16-18)15-6-10-8-17(3)4-5-20-10/h7,9-10,15H,4-6,8H2,1-3H3. The van der Waals surface area contributed by atoms with Crippen LogP contribution in [0.5, 0.6) is 0 Å². The largest absolute Gasteiger partial charge is 0.380 e. The molecule has 1 fully saturated rings. The minimum Gasteiger partial charge on any atom is -0.380 e. The minimum atomic E-state index is -0.270. The maximum Gasteiger partial charge on any atom is 0.287 e. The second-order valence-electron chi connectivity index (χ2n) is 5.35. The van der Waals surface area contributed by atoms with E-state index in [0.29, 0.717) is 12.2 Å². The molecule has 0 bridgehead atoms. The molecule has 1 N–H and O–H groups in total. The summed E-state index contributed by atoms with van der Waals surface area (Å²) in [5.41, 5.74) is 0.291. The Morgan fingerprint density at radius 3 is 3.00 bits per heavy atom. The zero-order valence-electron chi connectivity index (χ0n) is 12.1. The first-order chi connectivity index (χ1) is 9.49. The van der Waals surface area contributed by atoms with Crippen molar-refractivity contribution in [2.45, 2.75) is 26.0 Å². The molecule has 2 rings (SSSR count). The van der Waals surface area contributed by atoms with Gasteiger partial charge in [-0.25, -0.2) is 4.68 Å². The second kappa shape index (κ2) is 6.56. The van der Waals surface area contributed by atoms with Crippen LogP contribution in [-0.4, -0.2) is 54.1 Å². The lowest BCUT2D eigenvalue weighted by atomic mass is 10.2. The molecule has 20 heavy (non-hydrogen) atoms. The van der Waals surface area contributed by atoms with Crippen LogP contribution >= 0.6 is 11.6 Å². The first-order valence-corrected chi connectivity index (χ1v) is 7.18. The number of halogens is 1. The van der Waals surface area contributed by atoms with Gasteiger partial charge in [-0.3, -0.25) is 4.79 Å². The number of ether oxygens (including phenoxy) is 1. The van der Waals surface area contributed by atoms with Crippen molar-refractivity contribution in [3.8, 4) is 0 Å². The van der Waals surface area contributed by atoms with Gasteiger partial charge in [-0.1, -0.05) is 11.6 Å². The highest BCUT2D eigenvalue weighted by Crippen LogP contribution is 2.17. The number of aromatic nitrogens is 2. The summed E-state index contributed by atoms with van der Waals surface area (Å²) in [5.74, 6) is 0. The van der Waals surface area contributed by atoms with Crippen LogP contribution in [0.25, 0.3) is 0 Å². The Labute approximate surface area is 123 Å². The van der Waals surface area contributed by atoms with Crippen LogP contribution in [0, 0.1) is 0 Å². The molecule has 1 aliphatic rings. The third-order valence-corrected chi connectivity index (χ3v) is 3.66. The molecule has 1 aliphatic heterocycles. The number of anilines is 1. The molecule has 1 saturated heterocycles. The van der Waals surface area contributed by atoms with Crippen LogP contribution < -0.4 is 10.9 Å². The Hall–Kier alpha value is -1.11. The number of morpholine rings is 1. The van der Waals surface area contributed by atoms with Gasteiger partial charge < -0.3 is 15.0 Å². The van der Waals surface area contributed by atoms with Crippen molar-refractivity contribution in [1.29, 1.82) is 0 Å². The van der Waals surface area contributed by atoms with Gasteiger partial charge in [0.25, 0.3) is 5.56 Å². The van der Waals surface area contributed by atoms with Crippen molar-refractivity contribution < 1.29 is 4.74 Å². The van der Waals surface area contributed by atoms with Crippen LogP contribution in [0.2, 0.25) is 5.02 Å². The zero-order valence-corrected chi connectivity index (χ0v) is 12.9. The summed E-state index contributed by atoms with van der Waals surface area (Å²) >= 11 is 6.10. The average molecular weight is 301 g/mol. The van der Waals surface area contributed by atoms with Crippen molar-refractivity contribution in [3.05, 3.63) is 21.6 Å². The van der Waals surface area contributed by atoms with Crippen LogP contribution in [0.1, 0.15) is 19.9 Å². The number of rotatable bonds is 4. The number of nitrogens with one attached hydrogen (secondary N) is 1. The van der Waals surface area contributed by atoms with E-state index in [2.05, 4.69) is 22.4 Å². The van der Waals surface area contributed by atoms with Crippen LogP contribution in [-0.2, 0) is 4.74 Å². The Bertz CT molecular complexity index is 518. The maximum atomic E-state index is 12.0. The van der Waals surface area contributed by atoms with E-state index in [1.165, 1.54) is 4.68 Å². The van der Waals surface area contributed by atoms with Gasteiger partial charge in [0.05, 0.1) is 30.6 Å². The molecule has 112 valence electrons. The highest BCUT2D eigenvalue weighted by atomic mass is 35.5. The van der Waals surface area contributed by atoms with Crippen molar-refractivity contribution in [2.24, 2.45) is 0 Å². The fourth-order valence-corrected chi connectivity index (χ4v) is 2.35. The third-order valence-electron chi connectivity index (χ3n) is 3.29. The molecular weight excluding hydrogens is 280 g/mol. The molecule has 0 aliphatic carbocycles. The minimum absolute atomic E-state index is 0.00984. The van der Waals surface area contributed by atoms with Crippen LogP contribution in [0.4, 0.5) is 5.69 Å². The number of nitrogens with zero attached hydrogens (tertiary/aromatic N) is 3. The van der Waals surface area contributed by atoms with Gasteiger partial charge in [0.2, 0.25) is 0 Å². The molecule has 0 aromatic carbocycles. The Kier molecular flexibility index (Phi) is 5.01. The SMILES string of the molecule is CC(C)n1ncc(NCC2CN(C)CCO2)c(Cl)c1=O. The molecular formula is C13H21ClN4O2. The zero-order chi connectivity index (χ0) is 14.7. The smallest absolute Gasteiger partial charge is 0.287 e. The fraction of sp³-hybridized carbons (Fsp3) is 0.692. The quantitative estimate of drug-likeness (QED) is 0.906. The molecule has 0 saturated carbocycles. The van der Waals surface area contributed by atoms with E-state index in [9.17, 15) is 4.79 Å².